The van der Waals surface area contributed by atoms with E-state index >= 15 is 0 Å². The van der Waals surface area contributed by atoms with Crippen LogP contribution in [0.25, 0.3) is 11.3 Å². The molecule has 1 aromatic heterocycles. The quantitative estimate of drug-likeness (QED) is 0.0581. The van der Waals surface area contributed by atoms with E-state index in [1.807, 2.05) is 30.3 Å². The van der Waals surface area contributed by atoms with E-state index in [0.717, 1.165) is 22.8 Å². The molecule has 15 heteroatoms. The number of nitrogens with zero attached hydrogens (tertiary/aromatic N) is 1. The average molecular weight is 736 g/mol. The summed E-state index contributed by atoms with van der Waals surface area (Å²) in [5.41, 5.74) is 1.40. The first-order chi connectivity index (χ1) is 25.6. The summed E-state index contributed by atoms with van der Waals surface area (Å²) < 4.78 is 48.6. The Labute approximate surface area is 304 Å². The lowest BCUT2D eigenvalue weighted by Crippen LogP contribution is -2.48. The number of hydrogen-bond acceptors (Lipinski definition) is 10. The van der Waals surface area contributed by atoms with Crippen LogP contribution in [0, 0.1) is 17.6 Å². The molecule has 1 heterocycles. The third-order valence-corrected chi connectivity index (χ3v) is 8.15. The third kappa shape index (κ3) is 11.2. The molecule has 0 aliphatic rings. The van der Waals surface area contributed by atoms with Crippen molar-refractivity contribution in [2.45, 2.75) is 38.8 Å². The molecule has 3 aromatic carbocycles. The average Bonchev–Trinajstić information content (AvgIpc) is 3.68. The van der Waals surface area contributed by atoms with Crippen molar-refractivity contribution in [2.75, 3.05) is 27.5 Å². The zero-order chi connectivity index (χ0) is 38.3. The minimum absolute atomic E-state index is 0.0419. The van der Waals surface area contributed by atoms with Crippen LogP contribution in [0.1, 0.15) is 51.8 Å². The predicted molar refractivity (Wildman–Crippen MR) is 185 cm³/mol. The molecule has 0 aliphatic heterocycles. The van der Waals surface area contributed by atoms with Crippen LogP contribution in [0.3, 0.4) is 0 Å². The molecule has 2 unspecified atom stereocenters. The van der Waals surface area contributed by atoms with Crippen molar-refractivity contribution in [1.29, 1.82) is 0 Å². The maximum Gasteiger partial charge on any atom is 0.343 e. The Hall–Kier alpha value is -6.09. The molecule has 0 radical (unpaired) electrons. The standard InChI is InChI=1S/C38H39F2N3O10/c1-4-32(43(23-44)52-20-24-8-6-5-7-9-24)30(13-11-25-10-12-28(39)19-31(25)40)36(46)41-22-42-37(47)34-15-14-33(53-34)26-16-27(38(48)50-3)18-29(17-26)51-21-35(45)49-2/h5-10,12,14-19,23,30,32H,4,11,13,20-22H2,1-3H3,(H,41,46)(H,42,47). The van der Waals surface area contributed by atoms with Crippen LogP contribution in [0.5, 0.6) is 5.75 Å². The Morgan fingerprint density at radius 1 is 0.925 bits per heavy atom. The normalized spacial score (nSPS) is 11.9. The lowest BCUT2D eigenvalue weighted by Gasteiger charge is -2.32. The highest BCUT2D eigenvalue weighted by atomic mass is 19.1. The van der Waals surface area contributed by atoms with E-state index in [1.54, 1.807) is 6.92 Å². The van der Waals surface area contributed by atoms with Crippen molar-refractivity contribution in [1.82, 2.24) is 15.7 Å². The van der Waals surface area contributed by atoms with Gasteiger partial charge in [-0.3, -0.25) is 19.2 Å². The van der Waals surface area contributed by atoms with Crippen LogP contribution in [-0.2, 0) is 41.7 Å². The van der Waals surface area contributed by atoms with Gasteiger partial charge in [-0.1, -0.05) is 43.3 Å². The Morgan fingerprint density at radius 2 is 1.70 bits per heavy atom. The van der Waals surface area contributed by atoms with Gasteiger partial charge in [-0.15, -0.1) is 0 Å². The number of methoxy groups -OCH3 is 2. The van der Waals surface area contributed by atoms with Crippen LogP contribution in [0.2, 0.25) is 0 Å². The van der Waals surface area contributed by atoms with E-state index in [2.05, 4.69) is 15.4 Å². The Morgan fingerprint density at radius 3 is 2.38 bits per heavy atom. The van der Waals surface area contributed by atoms with Gasteiger partial charge >= 0.3 is 11.9 Å². The summed E-state index contributed by atoms with van der Waals surface area (Å²) in [5.74, 6) is -4.84. The second kappa shape index (κ2) is 19.5. The molecule has 2 atom stereocenters. The Kier molecular flexibility index (Phi) is 14.6. The van der Waals surface area contributed by atoms with Crippen molar-refractivity contribution < 1.29 is 56.2 Å². The number of aryl methyl sites for hydroxylation is 1. The number of halogens is 2. The number of furan rings is 1. The predicted octanol–water partition coefficient (Wildman–Crippen LogP) is 4.98. The van der Waals surface area contributed by atoms with Crippen LogP contribution in [0.15, 0.2) is 83.3 Å². The third-order valence-electron chi connectivity index (χ3n) is 8.15. The number of rotatable bonds is 19. The minimum atomic E-state index is -0.935. The highest BCUT2D eigenvalue weighted by Crippen LogP contribution is 2.29. The lowest BCUT2D eigenvalue weighted by atomic mass is 9.89. The summed E-state index contributed by atoms with van der Waals surface area (Å²) in [7, 11) is 2.40. The largest absolute Gasteiger partial charge is 0.482 e. The van der Waals surface area contributed by atoms with Crippen molar-refractivity contribution in [3.05, 3.63) is 113 Å². The Bertz CT molecular complexity index is 1880. The topological polar surface area (TPSA) is 163 Å². The second-order valence-corrected chi connectivity index (χ2v) is 11.6. The van der Waals surface area contributed by atoms with E-state index in [9.17, 15) is 32.8 Å². The molecule has 0 aliphatic carbocycles. The number of nitrogens with one attached hydrogen (secondary N) is 2. The van der Waals surface area contributed by atoms with Gasteiger partial charge in [-0.2, -0.15) is 0 Å². The summed E-state index contributed by atoms with van der Waals surface area (Å²) >= 11 is 0. The van der Waals surface area contributed by atoms with Gasteiger partial charge in [-0.25, -0.2) is 23.4 Å². The highest BCUT2D eigenvalue weighted by Gasteiger charge is 2.32. The number of carbonyl (C=O) groups is 5. The van der Waals surface area contributed by atoms with E-state index in [0.29, 0.717) is 12.0 Å². The number of carbonyl (C=O) groups excluding carboxylic acids is 5. The van der Waals surface area contributed by atoms with Gasteiger partial charge < -0.3 is 29.3 Å². The lowest BCUT2D eigenvalue weighted by molar-refractivity contribution is -0.200. The molecular formula is C38H39F2N3O10. The zero-order valence-electron chi connectivity index (χ0n) is 29.3. The van der Waals surface area contributed by atoms with Gasteiger partial charge in [0.2, 0.25) is 12.3 Å². The first-order valence-corrected chi connectivity index (χ1v) is 16.5. The van der Waals surface area contributed by atoms with E-state index in [1.165, 1.54) is 50.6 Å². The fraction of sp³-hybridized carbons (Fsp3) is 0.289. The summed E-state index contributed by atoms with van der Waals surface area (Å²) in [4.78, 5) is 68.5. The summed E-state index contributed by atoms with van der Waals surface area (Å²) in [6, 6.07) is 18.6. The molecule has 0 saturated carbocycles. The van der Waals surface area contributed by atoms with Gasteiger partial charge in [-0.05, 0) is 66.8 Å². The van der Waals surface area contributed by atoms with Crippen LogP contribution in [-0.4, -0.2) is 68.8 Å². The molecule has 13 nitrogen and oxygen atoms in total. The van der Waals surface area contributed by atoms with E-state index in [-0.39, 0.29) is 60.9 Å². The first kappa shape index (κ1) is 39.7. The number of amides is 3. The van der Waals surface area contributed by atoms with Crippen LogP contribution >= 0.6 is 0 Å². The van der Waals surface area contributed by atoms with Crippen molar-refractivity contribution in [3.8, 4) is 17.1 Å². The first-order valence-electron chi connectivity index (χ1n) is 16.5. The SMILES string of the molecule is CCC(C(CCc1ccc(F)cc1F)C(=O)NCNC(=O)c1ccc(-c2cc(OCC(=O)OC)cc(C(=O)OC)c2)o1)N(C=O)OCc1ccccc1. The van der Waals surface area contributed by atoms with Gasteiger partial charge in [0.05, 0.1) is 38.4 Å². The summed E-state index contributed by atoms with van der Waals surface area (Å²) in [5, 5.41) is 6.24. The highest BCUT2D eigenvalue weighted by molar-refractivity contribution is 5.93. The van der Waals surface area contributed by atoms with Gasteiger partial charge in [0.1, 0.15) is 29.8 Å². The fourth-order valence-electron chi connectivity index (χ4n) is 5.41. The number of hydrogen-bond donors (Lipinski definition) is 2. The van der Waals surface area contributed by atoms with Gasteiger partial charge in [0.25, 0.3) is 5.91 Å². The molecule has 0 saturated heterocycles. The number of esters is 2. The van der Waals surface area contributed by atoms with Gasteiger partial charge in [0.15, 0.2) is 12.4 Å². The number of benzene rings is 3. The number of ether oxygens (including phenoxy) is 3. The van der Waals surface area contributed by atoms with Gasteiger partial charge in [0, 0.05) is 11.6 Å². The van der Waals surface area contributed by atoms with Crippen molar-refractivity contribution in [2.24, 2.45) is 5.92 Å². The molecule has 2 N–H and O–H groups in total. The smallest absolute Gasteiger partial charge is 0.343 e. The molecule has 4 rings (SSSR count). The molecule has 0 spiro atoms. The minimum Gasteiger partial charge on any atom is -0.482 e. The Balaban J connectivity index is 1.46. The molecule has 280 valence electrons. The summed E-state index contributed by atoms with van der Waals surface area (Å²) in [6.07, 6.45) is 0.852. The second-order valence-electron chi connectivity index (χ2n) is 11.6. The van der Waals surface area contributed by atoms with Crippen LogP contribution in [0.4, 0.5) is 8.78 Å². The monoisotopic (exact) mass is 735 g/mol. The van der Waals surface area contributed by atoms with Crippen molar-refractivity contribution in [3.63, 3.8) is 0 Å². The molecule has 4 aromatic rings. The molecule has 3 amide bonds. The van der Waals surface area contributed by atoms with E-state index in [4.69, 9.17) is 18.7 Å². The maximum atomic E-state index is 14.5. The van der Waals surface area contributed by atoms with Crippen molar-refractivity contribution >= 4 is 30.2 Å². The maximum absolute atomic E-state index is 14.5. The molecule has 0 fully saturated rings. The molecule has 0 bridgehead atoms. The molecule has 53 heavy (non-hydrogen) atoms. The summed E-state index contributed by atoms with van der Waals surface area (Å²) in [6.45, 7) is 1.04. The number of hydroxylamine groups is 2. The van der Waals surface area contributed by atoms with E-state index < -0.39 is 54.0 Å². The zero-order valence-corrected chi connectivity index (χ0v) is 29.3. The van der Waals surface area contributed by atoms with Crippen LogP contribution < -0.4 is 15.4 Å². The molecular weight excluding hydrogens is 696 g/mol. The fourth-order valence-corrected chi connectivity index (χ4v) is 5.41.